The molecular weight excluding hydrogens is 615 g/mol. The van der Waals surface area contributed by atoms with Gasteiger partial charge in [0, 0.05) is 37.5 Å². The van der Waals surface area contributed by atoms with Crippen molar-refractivity contribution in [3.8, 4) is 44.5 Å². The summed E-state index contributed by atoms with van der Waals surface area (Å²) in [5.41, 5.74) is 11.4. The number of hydrogen-bond donors (Lipinski definition) is 0. The minimum atomic E-state index is -3.02. The van der Waals surface area contributed by atoms with Gasteiger partial charge >= 0.3 is 0 Å². The fraction of sp³-hybridized carbons (Fsp3) is 0. The molecule has 1 aliphatic rings. The van der Waals surface area contributed by atoms with Gasteiger partial charge in [-0.25, -0.2) is 0 Å². The van der Waals surface area contributed by atoms with Crippen molar-refractivity contribution in [3.63, 3.8) is 0 Å². The van der Waals surface area contributed by atoms with Crippen molar-refractivity contribution in [1.29, 1.82) is 0 Å². The van der Waals surface area contributed by atoms with Gasteiger partial charge in [0.05, 0.1) is 0 Å². The first-order valence-corrected chi connectivity index (χ1v) is 18.3. The molecule has 0 unspecified atom stereocenters. The lowest BCUT2D eigenvalue weighted by atomic mass is 9.94. The molecule has 1 heterocycles. The summed E-state index contributed by atoms with van der Waals surface area (Å²) >= 11 is 0. The highest BCUT2D eigenvalue weighted by atomic mass is 31.2. The average molecular weight is 645 g/mol. The Balaban J connectivity index is 1.05. The van der Waals surface area contributed by atoms with Crippen LogP contribution in [0, 0.1) is 0 Å². The van der Waals surface area contributed by atoms with Gasteiger partial charge in [0.25, 0.3) is 0 Å². The first kappa shape index (κ1) is 28.1. The lowest BCUT2D eigenvalue weighted by molar-refractivity contribution is 0.592. The van der Waals surface area contributed by atoms with E-state index in [9.17, 15) is 4.57 Å². The summed E-state index contributed by atoms with van der Waals surface area (Å²) in [6.45, 7) is 0. The Kier molecular flexibility index (Phi) is 6.19. The number of benzene rings is 8. The molecule has 2 nitrogen and oxygen atoms in total. The fourth-order valence-corrected chi connectivity index (χ4v) is 10.5. The summed E-state index contributed by atoms with van der Waals surface area (Å²) in [4.78, 5) is 0. The van der Waals surface area contributed by atoms with Crippen molar-refractivity contribution >= 4 is 55.8 Å². The van der Waals surface area contributed by atoms with E-state index in [1.54, 1.807) is 0 Å². The maximum absolute atomic E-state index is 14.8. The second-order valence-corrected chi connectivity index (χ2v) is 15.5. The van der Waals surface area contributed by atoms with E-state index in [-0.39, 0.29) is 0 Å². The van der Waals surface area contributed by atoms with Gasteiger partial charge in [0.2, 0.25) is 0 Å². The molecule has 0 N–H and O–H groups in total. The van der Waals surface area contributed by atoms with Gasteiger partial charge in [-0.1, -0.05) is 164 Å². The topological polar surface area (TPSA) is 30.2 Å². The Hall–Kier alpha value is -5.95. The van der Waals surface area contributed by atoms with Crippen molar-refractivity contribution in [3.05, 3.63) is 176 Å². The minimum absolute atomic E-state index is 0.828. The van der Waals surface area contributed by atoms with E-state index in [0.717, 1.165) is 65.5 Å². The van der Waals surface area contributed by atoms with Crippen LogP contribution in [-0.4, -0.2) is 0 Å². The smallest absolute Gasteiger partial charge is 0.171 e. The molecule has 0 spiro atoms. The molecule has 1 aliphatic carbocycles. The SMILES string of the molecule is O=P(c1ccccc1)(c1ccccc1)c1ccc(-c2ccc(-c3cccc4oc5c6cccc7c6c(cc5c34)-c3ccccc3-7)cc2)cc1. The first-order chi connectivity index (χ1) is 24.2. The van der Waals surface area contributed by atoms with Gasteiger partial charge in [-0.05, 0) is 56.6 Å². The van der Waals surface area contributed by atoms with Crippen molar-refractivity contribution in [2.75, 3.05) is 0 Å². The zero-order valence-corrected chi connectivity index (χ0v) is 27.4. The van der Waals surface area contributed by atoms with Crippen molar-refractivity contribution in [2.24, 2.45) is 0 Å². The Bertz CT molecular complexity index is 2720. The van der Waals surface area contributed by atoms with Gasteiger partial charge in [0.15, 0.2) is 7.14 Å². The molecule has 0 radical (unpaired) electrons. The molecule has 1 aromatic heterocycles. The Morgan fingerprint density at radius 1 is 0.367 bits per heavy atom. The molecule has 49 heavy (non-hydrogen) atoms. The third-order valence-electron chi connectivity index (χ3n) is 10.1. The predicted octanol–water partition coefficient (Wildman–Crippen LogP) is 11.4. The lowest BCUT2D eigenvalue weighted by Crippen LogP contribution is -2.24. The van der Waals surface area contributed by atoms with E-state index in [1.165, 1.54) is 27.6 Å². The van der Waals surface area contributed by atoms with E-state index in [2.05, 4.69) is 103 Å². The quantitative estimate of drug-likeness (QED) is 0.175. The van der Waals surface area contributed by atoms with E-state index < -0.39 is 7.14 Å². The highest BCUT2D eigenvalue weighted by Crippen LogP contribution is 2.51. The lowest BCUT2D eigenvalue weighted by Gasteiger charge is -2.20. The summed E-state index contributed by atoms with van der Waals surface area (Å²) in [5.74, 6) is 0. The van der Waals surface area contributed by atoms with Crippen LogP contribution in [0.2, 0.25) is 0 Å². The molecule has 0 saturated heterocycles. The molecule has 10 rings (SSSR count). The Labute approximate surface area is 284 Å². The highest BCUT2D eigenvalue weighted by molar-refractivity contribution is 7.85. The summed E-state index contributed by atoms with van der Waals surface area (Å²) in [7, 11) is -3.02. The van der Waals surface area contributed by atoms with Crippen molar-refractivity contribution < 1.29 is 8.98 Å². The van der Waals surface area contributed by atoms with Crippen molar-refractivity contribution in [2.45, 2.75) is 0 Å². The molecule has 0 atom stereocenters. The third kappa shape index (κ3) is 4.18. The van der Waals surface area contributed by atoms with Gasteiger partial charge in [0.1, 0.15) is 11.2 Å². The number of furan rings is 1. The normalized spacial score (nSPS) is 12.2. The highest BCUT2D eigenvalue weighted by Gasteiger charge is 2.29. The van der Waals surface area contributed by atoms with E-state index in [1.807, 2.05) is 72.8 Å². The Morgan fingerprint density at radius 2 is 0.878 bits per heavy atom. The summed E-state index contributed by atoms with van der Waals surface area (Å²) < 4.78 is 21.5. The second kappa shape index (κ2) is 10.8. The van der Waals surface area contributed by atoms with Crippen LogP contribution in [0.1, 0.15) is 0 Å². The second-order valence-electron chi connectivity index (χ2n) is 12.8. The standard InChI is InChI=1S/C46H29O2P/c47-49(33-11-3-1-4-12-33,34-13-5-2-6-14-34)35-27-25-31(26-28-35)30-21-23-32(24-22-30)36-17-10-20-43-45(36)42-29-41-38-16-8-7-15-37(38)39-18-9-19-40(44(39)41)46(42)48-43/h1-29H. The third-order valence-corrected chi connectivity index (χ3v) is 13.2. The largest absolute Gasteiger partial charge is 0.455 e. The summed E-state index contributed by atoms with van der Waals surface area (Å²) in [5, 5.41) is 7.22. The fourth-order valence-electron chi connectivity index (χ4n) is 7.82. The maximum Gasteiger partial charge on any atom is 0.171 e. The van der Waals surface area contributed by atoms with Crippen LogP contribution in [0.3, 0.4) is 0 Å². The molecular formula is C46H29O2P. The van der Waals surface area contributed by atoms with Crippen LogP contribution >= 0.6 is 7.14 Å². The number of hydrogen-bond acceptors (Lipinski definition) is 2. The average Bonchev–Trinajstić information content (AvgIpc) is 3.72. The molecule has 8 aromatic carbocycles. The van der Waals surface area contributed by atoms with Crippen LogP contribution in [0.15, 0.2) is 180 Å². The van der Waals surface area contributed by atoms with Gasteiger partial charge < -0.3 is 8.98 Å². The van der Waals surface area contributed by atoms with E-state index >= 15 is 0 Å². The van der Waals surface area contributed by atoms with Crippen LogP contribution in [0.5, 0.6) is 0 Å². The summed E-state index contributed by atoms with van der Waals surface area (Å²) in [6, 6.07) is 60.6. The zero-order valence-electron chi connectivity index (χ0n) is 26.5. The van der Waals surface area contributed by atoms with Crippen LogP contribution in [0.4, 0.5) is 0 Å². The van der Waals surface area contributed by atoms with E-state index in [4.69, 9.17) is 4.42 Å². The van der Waals surface area contributed by atoms with Crippen LogP contribution in [-0.2, 0) is 4.57 Å². The van der Waals surface area contributed by atoms with Gasteiger partial charge in [-0.2, -0.15) is 0 Å². The Morgan fingerprint density at radius 3 is 1.55 bits per heavy atom. The molecule has 9 aromatic rings. The van der Waals surface area contributed by atoms with Crippen LogP contribution in [0.25, 0.3) is 77.2 Å². The number of fused-ring (bicyclic) bond motifs is 7. The first-order valence-electron chi connectivity index (χ1n) is 16.6. The molecule has 0 fully saturated rings. The van der Waals surface area contributed by atoms with Gasteiger partial charge in [-0.15, -0.1) is 0 Å². The number of rotatable bonds is 5. The predicted molar refractivity (Wildman–Crippen MR) is 206 cm³/mol. The molecule has 0 saturated carbocycles. The van der Waals surface area contributed by atoms with Gasteiger partial charge in [-0.3, -0.25) is 0 Å². The molecule has 0 aliphatic heterocycles. The molecule has 0 bridgehead atoms. The maximum atomic E-state index is 14.8. The molecule has 3 heteroatoms. The van der Waals surface area contributed by atoms with E-state index in [0.29, 0.717) is 0 Å². The monoisotopic (exact) mass is 644 g/mol. The molecule has 230 valence electrons. The molecule has 0 amide bonds. The van der Waals surface area contributed by atoms with Crippen molar-refractivity contribution in [1.82, 2.24) is 0 Å². The zero-order chi connectivity index (χ0) is 32.5. The van der Waals surface area contributed by atoms with Crippen LogP contribution < -0.4 is 15.9 Å². The summed E-state index contributed by atoms with van der Waals surface area (Å²) in [6.07, 6.45) is 0. The minimum Gasteiger partial charge on any atom is -0.455 e.